The van der Waals surface area contributed by atoms with Gasteiger partial charge in [-0.1, -0.05) is 19.8 Å². The fourth-order valence-electron chi connectivity index (χ4n) is 2.56. The standard InChI is InChI=1S/C14H16BrFO/c1-9-3-2-4-10(7-9)14(17)11-5-6-13(16)12(15)8-11/h5-6,8-10H,2-4,7H2,1H3. The molecule has 0 aromatic heterocycles. The van der Waals surface area contributed by atoms with Crippen molar-refractivity contribution < 1.29 is 9.18 Å². The number of Topliss-reactive ketones (excluding diaryl/α,β-unsaturated/α-hetero) is 1. The number of rotatable bonds is 2. The molecule has 0 saturated heterocycles. The first-order valence-corrected chi connectivity index (χ1v) is 6.86. The summed E-state index contributed by atoms with van der Waals surface area (Å²) in [5.41, 5.74) is 0.623. The lowest BCUT2D eigenvalue weighted by Crippen LogP contribution is -2.21. The van der Waals surface area contributed by atoms with E-state index in [2.05, 4.69) is 22.9 Å². The Kier molecular flexibility index (Phi) is 3.97. The molecule has 0 N–H and O–H groups in total. The lowest BCUT2D eigenvalue weighted by Gasteiger charge is -2.25. The van der Waals surface area contributed by atoms with Crippen molar-refractivity contribution in [3.05, 3.63) is 34.1 Å². The van der Waals surface area contributed by atoms with Crippen LogP contribution >= 0.6 is 15.9 Å². The van der Waals surface area contributed by atoms with Crippen molar-refractivity contribution in [2.45, 2.75) is 32.6 Å². The van der Waals surface area contributed by atoms with Crippen LogP contribution in [0.2, 0.25) is 0 Å². The lowest BCUT2D eigenvalue weighted by molar-refractivity contribution is 0.0868. The first-order valence-electron chi connectivity index (χ1n) is 6.07. The molecule has 2 atom stereocenters. The molecule has 2 unspecified atom stereocenters. The highest BCUT2D eigenvalue weighted by molar-refractivity contribution is 9.10. The van der Waals surface area contributed by atoms with Gasteiger partial charge in [-0.25, -0.2) is 4.39 Å². The maximum absolute atomic E-state index is 13.1. The van der Waals surface area contributed by atoms with E-state index >= 15 is 0 Å². The molecule has 0 spiro atoms. The minimum atomic E-state index is -0.321. The summed E-state index contributed by atoms with van der Waals surface area (Å²) < 4.78 is 13.5. The number of hydrogen-bond acceptors (Lipinski definition) is 1. The second-order valence-electron chi connectivity index (χ2n) is 4.96. The molecule has 0 amide bonds. The molecule has 0 radical (unpaired) electrons. The van der Waals surface area contributed by atoms with E-state index in [1.807, 2.05) is 0 Å². The number of carbonyl (C=O) groups is 1. The second kappa shape index (κ2) is 5.30. The van der Waals surface area contributed by atoms with Crippen LogP contribution < -0.4 is 0 Å². The van der Waals surface area contributed by atoms with E-state index < -0.39 is 0 Å². The summed E-state index contributed by atoms with van der Waals surface area (Å²) in [6.45, 7) is 2.19. The van der Waals surface area contributed by atoms with Crippen molar-refractivity contribution in [1.82, 2.24) is 0 Å². The van der Waals surface area contributed by atoms with Gasteiger partial charge in [0.2, 0.25) is 0 Å². The predicted molar refractivity (Wildman–Crippen MR) is 69.6 cm³/mol. The van der Waals surface area contributed by atoms with Gasteiger partial charge in [-0.15, -0.1) is 0 Å². The summed E-state index contributed by atoms with van der Waals surface area (Å²) in [6.07, 6.45) is 4.28. The summed E-state index contributed by atoms with van der Waals surface area (Å²) in [7, 11) is 0. The molecule has 1 fully saturated rings. The molecule has 92 valence electrons. The van der Waals surface area contributed by atoms with Crippen LogP contribution in [0.1, 0.15) is 43.0 Å². The normalized spacial score (nSPS) is 24.6. The van der Waals surface area contributed by atoms with Gasteiger partial charge in [-0.05, 0) is 52.9 Å². The molecule has 0 bridgehead atoms. The van der Waals surface area contributed by atoms with Crippen LogP contribution in [-0.2, 0) is 0 Å². The highest BCUT2D eigenvalue weighted by Gasteiger charge is 2.26. The summed E-state index contributed by atoms with van der Waals surface area (Å²) in [6, 6.07) is 4.53. The number of hydrogen-bond donors (Lipinski definition) is 0. The molecule has 2 rings (SSSR count). The molecule has 0 aliphatic heterocycles. The molecule has 0 heterocycles. The summed E-state index contributed by atoms with van der Waals surface area (Å²) in [5, 5.41) is 0. The van der Waals surface area contributed by atoms with Crippen LogP contribution in [0.4, 0.5) is 4.39 Å². The van der Waals surface area contributed by atoms with E-state index in [1.165, 1.54) is 12.5 Å². The largest absolute Gasteiger partial charge is 0.294 e. The van der Waals surface area contributed by atoms with Gasteiger partial charge in [-0.2, -0.15) is 0 Å². The first kappa shape index (κ1) is 12.7. The monoisotopic (exact) mass is 298 g/mol. The van der Waals surface area contributed by atoms with Gasteiger partial charge < -0.3 is 0 Å². The van der Waals surface area contributed by atoms with Crippen LogP contribution in [0.15, 0.2) is 22.7 Å². The maximum atomic E-state index is 13.1. The van der Waals surface area contributed by atoms with E-state index in [4.69, 9.17) is 0 Å². The third kappa shape index (κ3) is 2.95. The molecule has 1 saturated carbocycles. The lowest BCUT2D eigenvalue weighted by atomic mass is 9.79. The second-order valence-corrected chi connectivity index (χ2v) is 5.82. The Bertz CT molecular complexity index is 430. The third-order valence-electron chi connectivity index (χ3n) is 3.51. The zero-order valence-electron chi connectivity index (χ0n) is 9.88. The number of benzene rings is 1. The Hall–Kier alpha value is -0.700. The van der Waals surface area contributed by atoms with Crippen molar-refractivity contribution in [2.24, 2.45) is 11.8 Å². The molecule has 17 heavy (non-hydrogen) atoms. The Morgan fingerprint density at radius 2 is 2.18 bits per heavy atom. The first-order chi connectivity index (χ1) is 8.08. The molecular weight excluding hydrogens is 283 g/mol. The summed E-state index contributed by atoms with van der Waals surface area (Å²) >= 11 is 3.12. The van der Waals surface area contributed by atoms with Gasteiger partial charge in [0.15, 0.2) is 5.78 Å². The summed E-state index contributed by atoms with van der Waals surface area (Å²) in [4.78, 5) is 12.3. The van der Waals surface area contributed by atoms with Crippen LogP contribution in [0.5, 0.6) is 0 Å². The average molecular weight is 299 g/mol. The minimum absolute atomic E-state index is 0.121. The van der Waals surface area contributed by atoms with Crippen LogP contribution in [-0.4, -0.2) is 5.78 Å². The predicted octanol–water partition coefficient (Wildman–Crippen LogP) is 4.60. The van der Waals surface area contributed by atoms with E-state index in [0.29, 0.717) is 16.0 Å². The Balaban J connectivity index is 2.15. The van der Waals surface area contributed by atoms with Gasteiger partial charge in [-0.3, -0.25) is 4.79 Å². The summed E-state index contributed by atoms with van der Waals surface area (Å²) in [5.74, 6) is 0.591. The van der Waals surface area contributed by atoms with Crippen LogP contribution in [0.25, 0.3) is 0 Å². The Labute approximate surface area is 110 Å². The molecule has 1 aromatic carbocycles. The molecule has 1 aliphatic rings. The van der Waals surface area contributed by atoms with E-state index in [-0.39, 0.29) is 17.5 Å². The smallest absolute Gasteiger partial charge is 0.165 e. The third-order valence-corrected chi connectivity index (χ3v) is 4.12. The quantitative estimate of drug-likeness (QED) is 0.730. The van der Waals surface area contributed by atoms with Crippen molar-refractivity contribution in [1.29, 1.82) is 0 Å². The van der Waals surface area contributed by atoms with Crippen molar-refractivity contribution in [2.75, 3.05) is 0 Å². The van der Waals surface area contributed by atoms with Gasteiger partial charge in [0.05, 0.1) is 4.47 Å². The van der Waals surface area contributed by atoms with E-state index in [1.54, 1.807) is 12.1 Å². The van der Waals surface area contributed by atoms with Gasteiger partial charge in [0.1, 0.15) is 5.82 Å². The fraction of sp³-hybridized carbons (Fsp3) is 0.500. The van der Waals surface area contributed by atoms with Crippen molar-refractivity contribution >= 4 is 21.7 Å². The van der Waals surface area contributed by atoms with E-state index in [0.717, 1.165) is 19.3 Å². The number of carbonyl (C=O) groups excluding carboxylic acids is 1. The number of halogens is 2. The molecule has 3 heteroatoms. The number of ketones is 1. The minimum Gasteiger partial charge on any atom is -0.294 e. The SMILES string of the molecule is CC1CCCC(C(=O)c2ccc(F)c(Br)c2)C1. The van der Waals surface area contributed by atoms with Gasteiger partial charge >= 0.3 is 0 Å². The highest BCUT2D eigenvalue weighted by Crippen LogP contribution is 2.31. The molecule has 1 aliphatic carbocycles. The zero-order valence-corrected chi connectivity index (χ0v) is 11.5. The van der Waals surface area contributed by atoms with Crippen LogP contribution in [0, 0.1) is 17.7 Å². The van der Waals surface area contributed by atoms with Gasteiger partial charge in [0, 0.05) is 11.5 Å². The molecule has 1 aromatic rings. The van der Waals surface area contributed by atoms with Crippen LogP contribution in [0.3, 0.4) is 0 Å². The Morgan fingerprint density at radius 3 is 2.82 bits per heavy atom. The highest BCUT2D eigenvalue weighted by atomic mass is 79.9. The van der Waals surface area contributed by atoms with Crippen molar-refractivity contribution in [3.8, 4) is 0 Å². The molecule has 1 nitrogen and oxygen atoms in total. The molecular formula is C14H16BrFO. The zero-order chi connectivity index (χ0) is 12.4. The average Bonchev–Trinajstić information content (AvgIpc) is 2.32. The van der Waals surface area contributed by atoms with Crippen molar-refractivity contribution in [3.63, 3.8) is 0 Å². The topological polar surface area (TPSA) is 17.1 Å². The van der Waals surface area contributed by atoms with Gasteiger partial charge in [0.25, 0.3) is 0 Å². The maximum Gasteiger partial charge on any atom is 0.165 e. The van der Waals surface area contributed by atoms with E-state index in [9.17, 15) is 9.18 Å². The Morgan fingerprint density at radius 1 is 1.41 bits per heavy atom. The fourth-order valence-corrected chi connectivity index (χ4v) is 2.94.